The summed E-state index contributed by atoms with van der Waals surface area (Å²) in [6.07, 6.45) is 1.87. The molecule has 1 aromatic heterocycles. The van der Waals surface area contributed by atoms with Crippen LogP contribution in [0.1, 0.15) is 10.5 Å². The fourth-order valence-electron chi connectivity index (χ4n) is 1.53. The lowest BCUT2D eigenvalue weighted by Crippen LogP contribution is -2.07. The number of carbonyl (C=O) groups excluding carboxylic acids is 1. The molecule has 0 N–H and O–H groups in total. The molecule has 0 saturated heterocycles. The SMILES string of the molecule is Cn1cccc1C(=O)CSc1ccccc1Cl. The van der Waals surface area contributed by atoms with Gasteiger partial charge in [0.25, 0.3) is 0 Å². The van der Waals surface area contributed by atoms with Gasteiger partial charge in [-0.05, 0) is 24.3 Å². The smallest absolute Gasteiger partial charge is 0.189 e. The van der Waals surface area contributed by atoms with Crippen molar-refractivity contribution < 1.29 is 4.79 Å². The van der Waals surface area contributed by atoms with Crippen LogP contribution in [-0.2, 0) is 7.05 Å². The van der Waals surface area contributed by atoms with E-state index in [-0.39, 0.29) is 5.78 Å². The van der Waals surface area contributed by atoms with Gasteiger partial charge in [0.15, 0.2) is 5.78 Å². The van der Waals surface area contributed by atoms with Crippen LogP contribution in [0.3, 0.4) is 0 Å². The van der Waals surface area contributed by atoms with Crippen molar-refractivity contribution in [2.24, 2.45) is 7.05 Å². The van der Waals surface area contributed by atoms with E-state index in [2.05, 4.69) is 0 Å². The van der Waals surface area contributed by atoms with E-state index in [1.807, 2.05) is 54.2 Å². The van der Waals surface area contributed by atoms with E-state index in [1.54, 1.807) is 0 Å². The molecule has 0 unspecified atom stereocenters. The highest BCUT2D eigenvalue weighted by Gasteiger charge is 2.10. The Morgan fingerprint density at radius 3 is 2.71 bits per heavy atom. The molecule has 0 bridgehead atoms. The number of thioether (sulfide) groups is 1. The zero-order valence-corrected chi connectivity index (χ0v) is 11.0. The summed E-state index contributed by atoms with van der Waals surface area (Å²) in [7, 11) is 1.87. The summed E-state index contributed by atoms with van der Waals surface area (Å²) < 4.78 is 1.83. The zero-order valence-electron chi connectivity index (χ0n) is 9.39. The normalized spacial score (nSPS) is 10.5. The van der Waals surface area contributed by atoms with Gasteiger partial charge in [0.2, 0.25) is 0 Å². The minimum absolute atomic E-state index is 0.113. The lowest BCUT2D eigenvalue weighted by molar-refractivity contribution is 0.101. The van der Waals surface area contributed by atoms with Gasteiger partial charge in [-0.2, -0.15) is 0 Å². The average Bonchev–Trinajstić information content (AvgIpc) is 2.74. The van der Waals surface area contributed by atoms with Crippen LogP contribution in [0.25, 0.3) is 0 Å². The lowest BCUT2D eigenvalue weighted by atomic mass is 10.3. The molecule has 1 heterocycles. The number of halogens is 1. The summed E-state index contributed by atoms with van der Waals surface area (Å²) in [5.41, 5.74) is 0.726. The Bertz CT molecular complexity index is 536. The maximum absolute atomic E-state index is 11.9. The Kier molecular flexibility index (Phi) is 3.92. The first kappa shape index (κ1) is 12.3. The fourth-order valence-corrected chi connectivity index (χ4v) is 2.64. The Morgan fingerprint density at radius 1 is 1.29 bits per heavy atom. The molecule has 0 aliphatic carbocycles. The largest absolute Gasteiger partial charge is 0.348 e. The highest BCUT2D eigenvalue weighted by atomic mass is 35.5. The third kappa shape index (κ3) is 2.93. The predicted molar refractivity (Wildman–Crippen MR) is 71.9 cm³/mol. The average molecular weight is 266 g/mol. The summed E-state index contributed by atoms with van der Waals surface area (Å²) in [6, 6.07) is 11.2. The van der Waals surface area contributed by atoms with Gasteiger partial charge < -0.3 is 4.57 Å². The summed E-state index contributed by atoms with van der Waals surface area (Å²) in [4.78, 5) is 12.9. The van der Waals surface area contributed by atoms with Crippen LogP contribution in [0, 0.1) is 0 Å². The highest BCUT2D eigenvalue weighted by molar-refractivity contribution is 8.00. The third-order valence-electron chi connectivity index (χ3n) is 2.42. The van der Waals surface area contributed by atoms with Crippen LogP contribution in [-0.4, -0.2) is 16.1 Å². The summed E-state index contributed by atoms with van der Waals surface area (Å²) in [6.45, 7) is 0. The van der Waals surface area contributed by atoms with Crippen LogP contribution in [0.2, 0.25) is 5.02 Å². The molecule has 0 amide bonds. The molecule has 0 fully saturated rings. The molecule has 0 aliphatic rings. The van der Waals surface area contributed by atoms with E-state index in [0.717, 1.165) is 10.6 Å². The van der Waals surface area contributed by atoms with Crippen LogP contribution in [0.4, 0.5) is 0 Å². The first-order valence-corrected chi connectivity index (χ1v) is 6.56. The quantitative estimate of drug-likeness (QED) is 0.622. The van der Waals surface area contributed by atoms with E-state index in [0.29, 0.717) is 10.8 Å². The number of ketones is 1. The maximum Gasteiger partial charge on any atom is 0.189 e. The number of benzene rings is 1. The van der Waals surface area contributed by atoms with Crippen LogP contribution in [0.15, 0.2) is 47.5 Å². The molecule has 0 saturated carbocycles. The first-order chi connectivity index (χ1) is 8.18. The third-order valence-corrected chi connectivity index (χ3v) is 3.94. The van der Waals surface area contributed by atoms with Crippen molar-refractivity contribution in [1.82, 2.24) is 4.57 Å². The van der Waals surface area contributed by atoms with Crippen molar-refractivity contribution in [3.05, 3.63) is 53.3 Å². The van der Waals surface area contributed by atoms with Gasteiger partial charge in [-0.1, -0.05) is 23.7 Å². The number of Topliss-reactive ketones (excluding diaryl/α,β-unsaturated/α-hetero) is 1. The summed E-state index contributed by atoms with van der Waals surface area (Å²) >= 11 is 7.49. The van der Waals surface area contributed by atoms with Gasteiger partial charge in [0, 0.05) is 18.1 Å². The van der Waals surface area contributed by atoms with Crippen molar-refractivity contribution in [2.75, 3.05) is 5.75 Å². The van der Waals surface area contributed by atoms with Crippen LogP contribution in [0.5, 0.6) is 0 Å². The highest BCUT2D eigenvalue weighted by Crippen LogP contribution is 2.27. The Balaban J connectivity index is 2.02. The van der Waals surface area contributed by atoms with Crippen molar-refractivity contribution in [3.63, 3.8) is 0 Å². The maximum atomic E-state index is 11.9. The zero-order chi connectivity index (χ0) is 12.3. The number of nitrogens with zero attached hydrogens (tertiary/aromatic N) is 1. The van der Waals surface area contributed by atoms with Gasteiger partial charge in [-0.3, -0.25) is 4.79 Å². The molecule has 0 spiro atoms. The number of rotatable bonds is 4. The molecule has 2 nitrogen and oxygen atoms in total. The number of aryl methyl sites for hydroxylation is 1. The molecular formula is C13H12ClNOS. The van der Waals surface area contributed by atoms with Crippen molar-refractivity contribution >= 4 is 29.1 Å². The van der Waals surface area contributed by atoms with Gasteiger partial charge >= 0.3 is 0 Å². The van der Waals surface area contributed by atoms with E-state index >= 15 is 0 Å². The van der Waals surface area contributed by atoms with Crippen molar-refractivity contribution in [3.8, 4) is 0 Å². The molecule has 0 aliphatic heterocycles. The standard InChI is InChI=1S/C13H12ClNOS/c1-15-8-4-6-11(15)12(16)9-17-13-7-3-2-5-10(13)14/h2-8H,9H2,1H3. The lowest BCUT2D eigenvalue weighted by Gasteiger charge is -2.04. The Labute approximate surface area is 110 Å². The predicted octanol–water partition coefficient (Wildman–Crippen LogP) is 3.65. The van der Waals surface area contributed by atoms with Crippen molar-refractivity contribution in [2.45, 2.75) is 4.90 Å². The van der Waals surface area contributed by atoms with Gasteiger partial charge in [-0.25, -0.2) is 0 Å². The van der Waals surface area contributed by atoms with E-state index in [4.69, 9.17) is 11.6 Å². The van der Waals surface area contributed by atoms with E-state index in [9.17, 15) is 4.79 Å². The number of aromatic nitrogens is 1. The molecular weight excluding hydrogens is 254 g/mol. The topological polar surface area (TPSA) is 22.0 Å². The molecule has 1 aromatic carbocycles. The molecule has 17 heavy (non-hydrogen) atoms. The second-order valence-corrected chi connectivity index (χ2v) is 5.07. The molecule has 2 rings (SSSR count). The number of carbonyl (C=O) groups is 1. The second-order valence-electron chi connectivity index (χ2n) is 3.65. The monoisotopic (exact) mass is 265 g/mol. The molecule has 0 atom stereocenters. The fraction of sp³-hybridized carbons (Fsp3) is 0.154. The van der Waals surface area contributed by atoms with Crippen molar-refractivity contribution in [1.29, 1.82) is 0 Å². The number of hydrogen-bond donors (Lipinski definition) is 0. The number of hydrogen-bond acceptors (Lipinski definition) is 2. The molecule has 88 valence electrons. The molecule has 2 aromatic rings. The molecule has 0 radical (unpaired) electrons. The summed E-state index contributed by atoms with van der Waals surface area (Å²) in [5.74, 6) is 0.518. The first-order valence-electron chi connectivity index (χ1n) is 5.20. The molecule has 4 heteroatoms. The second kappa shape index (κ2) is 5.43. The van der Waals surface area contributed by atoms with Gasteiger partial charge in [-0.15, -0.1) is 11.8 Å². The van der Waals surface area contributed by atoms with Gasteiger partial charge in [0.1, 0.15) is 0 Å². The Morgan fingerprint density at radius 2 is 2.06 bits per heavy atom. The van der Waals surface area contributed by atoms with Gasteiger partial charge in [0.05, 0.1) is 16.5 Å². The summed E-state index contributed by atoms with van der Waals surface area (Å²) in [5, 5.41) is 0.692. The van der Waals surface area contributed by atoms with E-state index < -0.39 is 0 Å². The van der Waals surface area contributed by atoms with Crippen LogP contribution < -0.4 is 0 Å². The van der Waals surface area contributed by atoms with E-state index in [1.165, 1.54) is 11.8 Å². The minimum atomic E-state index is 0.113. The minimum Gasteiger partial charge on any atom is -0.348 e. The van der Waals surface area contributed by atoms with Crippen LogP contribution >= 0.6 is 23.4 Å². The Hall–Kier alpha value is -1.19.